The van der Waals surface area contributed by atoms with E-state index in [1.807, 2.05) is 42.5 Å². The van der Waals surface area contributed by atoms with Crippen molar-refractivity contribution in [2.24, 2.45) is 5.10 Å². The first-order valence-electron chi connectivity index (χ1n) is 8.23. The van der Waals surface area contributed by atoms with Crippen LogP contribution in [0.25, 0.3) is 0 Å². The lowest BCUT2D eigenvalue weighted by atomic mass is 10.1. The third-order valence-corrected chi connectivity index (χ3v) is 3.86. The molecule has 0 aliphatic rings. The van der Waals surface area contributed by atoms with Gasteiger partial charge in [0.15, 0.2) is 5.82 Å². The highest BCUT2D eigenvalue weighted by molar-refractivity contribution is 7.71. The highest BCUT2D eigenvalue weighted by Crippen LogP contribution is 2.12. The zero-order chi connectivity index (χ0) is 17.5. The average Bonchev–Trinajstić information content (AvgIpc) is 2.99. The highest BCUT2D eigenvalue weighted by Gasteiger charge is 2.06. The van der Waals surface area contributed by atoms with Crippen LogP contribution in [0.5, 0.6) is 5.75 Å². The Hall–Kier alpha value is -2.73. The minimum Gasteiger partial charge on any atom is -0.494 e. The second-order valence-electron chi connectivity index (χ2n) is 5.58. The van der Waals surface area contributed by atoms with Gasteiger partial charge in [-0.1, -0.05) is 37.3 Å². The van der Waals surface area contributed by atoms with E-state index in [1.165, 1.54) is 0 Å². The summed E-state index contributed by atoms with van der Waals surface area (Å²) in [6.07, 6.45) is 3.42. The molecule has 1 heterocycles. The summed E-state index contributed by atoms with van der Waals surface area (Å²) in [4.78, 5) is 0. The molecule has 0 atom stereocenters. The second kappa shape index (κ2) is 8.39. The molecular formula is C19H20N4OS. The lowest BCUT2D eigenvalue weighted by Crippen LogP contribution is -2.00. The largest absolute Gasteiger partial charge is 0.494 e. The minimum absolute atomic E-state index is 0.477. The molecule has 0 radical (unpaired) electrons. The maximum atomic E-state index is 5.58. The second-order valence-corrected chi connectivity index (χ2v) is 5.97. The maximum Gasteiger partial charge on any atom is 0.216 e. The van der Waals surface area contributed by atoms with E-state index >= 15 is 0 Å². The van der Waals surface area contributed by atoms with Crippen molar-refractivity contribution in [3.63, 3.8) is 0 Å². The first-order valence-corrected chi connectivity index (χ1v) is 8.64. The molecule has 3 aromatic rings. The first kappa shape index (κ1) is 17.1. The molecule has 0 bridgehead atoms. The molecule has 0 fully saturated rings. The third kappa shape index (κ3) is 4.64. The van der Waals surface area contributed by atoms with E-state index in [1.54, 1.807) is 10.9 Å². The Morgan fingerprint density at radius 1 is 1.16 bits per heavy atom. The Morgan fingerprint density at radius 3 is 2.64 bits per heavy atom. The summed E-state index contributed by atoms with van der Waals surface area (Å²) in [5.41, 5.74) is 2.13. The van der Waals surface area contributed by atoms with Crippen LogP contribution in [-0.4, -0.2) is 27.7 Å². The van der Waals surface area contributed by atoms with Crippen LogP contribution in [0.15, 0.2) is 59.7 Å². The summed E-state index contributed by atoms with van der Waals surface area (Å²) in [5, 5.41) is 11.6. The van der Waals surface area contributed by atoms with Gasteiger partial charge in [-0.15, -0.1) is 0 Å². The predicted octanol–water partition coefficient (Wildman–Crippen LogP) is 4.20. The zero-order valence-electron chi connectivity index (χ0n) is 14.1. The number of rotatable bonds is 7. The zero-order valence-corrected chi connectivity index (χ0v) is 14.9. The van der Waals surface area contributed by atoms with Crippen LogP contribution in [-0.2, 0) is 6.42 Å². The van der Waals surface area contributed by atoms with Gasteiger partial charge in [-0.25, -0.2) is 0 Å². The fraction of sp³-hybridized carbons (Fsp3) is 0.211. The molecule has 6 heteroatoms. The van der Waals surface area contributed by atoms with Crippen molar-refractivity contribution >= 4 is 18.4 Å². The Kier molecular flexibility index (Phi) is 5.74. The third-order valence-electron chi connectivity index (χ3n) is 3.60. The fourth-order valence-corrected chi connectivity index (χ4v) is 2.53. The summed E-state index contributed by atoms with van der Waals surface area (Å²) in [6, 6.07) is 17.9. The Bertz CT molecular complexity index is 882. The number of benzene rings is 2. The van der Waals surface area contributed by atoms with Gasteiger partial charge >= 0.3 is 0 Å². The minimum atomic E-state index is 0.477. The average molecular weight is 352 g/mol. The molecule has 5 nitrogen and oxygen atoms in total. The van der Waals surface area contributed by atoms with Gasteiger partial charge in [0.2, 0.25) is 4.77 Å². The first-order chi connectivity index (χ1) is 12.3. The van der Waals surface area contributed by atoms with E-state index in [0.29, 0.717) is 11.2 Å². The normalized spacial score (nSPS) is 11.1. The Balaban J connectivity index is 1.75. The van der Waals surface area contributed by atoms with Gasteiger partial charge in [-0.2, -0.15) is 14.9 Å². The van der Waals surface area contributed by atoms with Gasteiger partial charge in [0.05, 0.1) is 12.8 Å². The van der Waals surface area contributed by atoms with Crippen molar-refractivity contribution in [3.8, 4) is 5.75 Å². The van der Waals surface area contributed by atoms with Crippen molar-refractivity contribution in [2.75, 3.05) is 6.61 Å². The van der Waals surface area contributed by atoms with Crippen LogP contribution >= 0.6 is 12.2 Å². The number of nitrogens with one attached hydrogen (secondary N) is 1. The van der Waals surface area contributed by atoms with E-state index in [0.717, 1.165) is 35.7 Å². The maximum absolute atomic E-state index is 5.58. The van der Waals surface area contributed by atoms with Crippen molar-refractivity contribution in [2.45, 2.75) is 19.8 Å². The number of ether oxygens (including phenoxy) is 1. The van der Waals surface area contributed by atoms with Crippen molar-refractivity contribution in [1.29, 1.82) is 0 Å². The molecular weight excluding hydrogens is 332 g/mol. The molecule has 3 rings (SSSR count). The van der Waals surface area contributed by atoms with E-state index in [2.05, 4.69) is 34.4 Å². The van der Waals surface area contributed by atoms with Crippen LogP contribution in [0.1, 0.15) is 30.3 Å². The van der Waals surface area contributed by atoms with Gasteiger partial charge in [0.1, 0.15) is 5.75 Å². The molecule has 0 aliphatic heterocycles. The van der Waals surface area contributed by atoms with E-state index < -0.39 is 0 Å². The van der Waals surface area contributed by atoms with Gasteiger partial charge in [0.25, 0.3) is 0 Å². The number of aromatic amines is 1. The lowest BCUT2D eigenvalue weighted by molar-refractivity contribution is 0.317. The predicted molar refractivity (Wildman–Crippen MR) is 102 cm³/mol. The van der Waals surface area contributed by atoms with Crippen LogP contribution in [0.3, 0.4) is 0 Å². The standard InChI is InChI=1S/C19H20N4OS/c1-2-12-24-17-10-8-16(9-11-17)14-20-23-18(21-22-19(23)25)13-15-6-4-3-5-7-15/h3-11,14H,2,12-13H2,1H3,(H,22,25)/b20-14-. The molecule has 0 saturated carbocycles. The Labute approximate surface area is 152 Å². The molecule has 0 aliphatic carbocycles. The van der Waals surface area contributed by atoms with Gasteiger partial charge in [0, 0.05) is 6.42 Å². The van der Waals surface area contributed by atoms with E-state index in [9.17, 15) is 0 Å². The van der Waals surface area contributed by atoms with E-state index in [-0.39, 0.29) is 0 Å². The molecule has 0 unspecified atom stereocenters. The van der Waals surface area contributed by atoms with Crippen molar-refractivity contribution in [3.05, 3.63) is 76.3 Å². The number of H-pyrrole nitrogens is 1. The molecule has 0 saturated heterocycles. The number of nitrogens with zero attached hydrogens (tertiary/aromatic N) is 3. The lowest BCUT2D eigenvalue weighted by Gasteiger charge is -2.04. The van der Waals surface area contributed by atoms with Crippen LogP contribution in [0.4, 0.5) is 0 Å². The SMILES string of the molecule is CCCOc1ccc(/C=N\n2c(Cc3ccccc3)n[nH]c2=S)cc1. The summed E-state index contributed by atoms with van der Waals surface area (Å²) in [5.74, 6) is 1.64. The quantitative estimate of drug-likeness (QED) is 0.512. The number of hydrogen-bond acceptors (Lipinski definition) is 4. The molecule has 2 aromatic carbocycles. The highest BCUT2D eigenvalue weighted by atomic mass is 32.1. The smallest absolute Gasteiger partial charge is 0.216 e. The Morgan fingerprint density at radius 2 is 1.92 bits per heavy atom. The number of aromatic nitrogens is 3. The molecule has 0 amide bonds. The van der Waals surface area contributed by atoms with Crippen molar-refractivity contribution in [1.82, 2.24) is 14.9 Å². The summed E-state index contributed by atoms with van der Waals surface area (Å²) in [7, 11) is 0. The van der Waals surface area contributed by atoms with Crippen LogP contribution in [0.2, 0.25) is 0 Å². The van der Waals surface area contributed by atoms with Crippen LogP contribution in [0, 0.1) is 4.77 Å². The number of hydrogen-bond donors (Lipinski definition) is 1. The summed E-state index contributed by atoms with van der Waals surface area (Å²) < 4.78 is 7.72. The fourth-order valence-electron chi connectivity index (χ4n) is 2.33. The van der Waals surface area contributed by atoms with Gasteiger partial charge in [-0.05, 0) is 54.0 Å². The topological polar surface area (TPSA) is 55.2 Å². The monoisotopic (exact) mass is 352 g/mol. The molecule has 0 spiro atoms. The molecule has 25 heavy (non-hydrogen) atoms. The molecule has 1 aromatic heterocycles. The molecule has 128 valence electrons. The van der Waals surface area contributed by atoms with Crippen LogP contribution < -0.4 is 4.74 Å². The summed E-state index contributed by atoms with van der Waals surface area (Å²) >= 11 is 5.28. The van der Waals surface area contributed by atoms with Gasteiger partial charge in [-0.3, -0.25) is 5.10 Å². The van der Waals surface area contributed by atoms with Crippen molar-refractivity contribution < 1.29 is 4.74 Å². The van der Waals surface area contributed by atoms with E-state index in [4.69, 9.17) is 17.0 Å². The van der Waals surface area contributed by atoms with Gasteiger partial charge < -0.3 is 4.74 Å². The molecule has 1 N–H and O–H groups in total. The summed E-state index contributed by atoms with van der Waals surface area (Å²) in [6.45, 7) is 2.81.